The van der Waals surface area contributed by atoms with Crippen molar-refractivity contribution in [1.29, 1.82) is 0 Å². The number of aliphatic imine (C=N–C) groups is 4. The topological polar surface area (TPSA) is 88.9 Å². The number of amidine groups is 1. The maximum Gasteiger partial charge on any atom is 0.336 e. The average molecular weight is 340 g/mol. The molecule has 2 aromatic rings. The van der Waals surface area contributed by atoms with Crippen molar-refractivity contribution < 1.29 is 9.15 Å². The van der Waals surface area contributed by atoms with Crippen molar-refractivity contribution in [3.63, 3.8) is 0 Å². The second-order valence-corrected chi connectivity index (χ2v) is 6.10. The zero-order valence-corrected chi connectivity index (χ0v) is 13.5. The molecule has 2 aliphatic heterocycles. The minimum Gasteiger partial charge on any atom is -0.497 e. The molecule has 0 N–H and O–H groups in total. The summed E-state index contributed by atoms with van der Waals surface area (Å²) >= 11 is 1.51. The molecule has 0 amide bonds. The molecule has 120 valence electrons. The van der Waals surface area contributed by atoms with Gasteiger partial charge in [-0.1, -0.05) is 0 Å². The fourth-order valence-corrected chi connectivity index (χ4v) is 3.50. The molecule has 0 radical (unpaired) electrons. The molecule has 1 atom stereocenters. The Labute approximate surface area is 140 Å². The minimum atomic E-state index is -0.389. The van der Waals surface area contributed by atoms with Gasteiger partial charge in [0.15, 0.2) is 11.9 Å². The van der Waals surface area contributed by atoms with Crippen molar-refractivity contribution in [2.45, 2.75) is 11.8 Å². The Morgan fingerprint density at radius 1 is 1.25 bits per heavy atom. The third kappa shape index (κ3) is 2.65. The molecule has 24 heavy (non-hydrogen) atoms. The fraction of sp³-hybridized carbons (Fsp3) is 0.188. The van der Waals surface area contributed by atoms with Gasteiger partial charge in [-0.2, -0.15) is 0 Å². The summed E-state index contributed by atoms with van der Waals surface area (Å²) in [4.78, 5) is 28.6. The number of methoxy groups -OCH3 is 1. The molecule has 8 heteroatoms. The molecule has 1 aromatic heterocycles. The van der Waals surface area contributed by atoms with Crippen LogP contribution in [0.2, 0.25) is 0 Å². The lowest BCUT2D eigenvalue weighted by atomic mass is 10.1. The highest BCUT2D eigenvalue weighted by Gasteiger charge is 2.26. The van der Waals surface area contributed by atoms with Crippen molar-refractivity contribution in [2.24, 2.45) is 20.0 Å². The molecule has 0 fully saturated rings. The number of hydrogen-bond acceptors (Lipinski definition) is 8. The summed E-state index contributed by atoms with van der Waals surface area (Å²) in [5, 5.41) is 1.68. The number of thioether (sulfide) groups is 1. The van der Waals surface area contributed by atoms with Crippen LogP contribution in [-0.2, 0) is 5.75 Å². The number of rotatable bonds is 3. The van der Waals surface area contributed by atoms with E-state index in [-0.39, 0.29) is 11.7 Å². The number of ether oxygens (including phenoxy) is 1. The Morgan fingerprint density at radius 3 is 3.04 bits per heavy atom. The lowest BCUT2D eigenvalue weighted by Crippen LogP contribution is -2.25. The number of hydrogen-bond donors (Lipinski definition) is 0. The summed E-state index contributed by atoms with van der Waals surface area (Å²) in [6.45, 7) is 0. The summed E-state index contributed by atoms with van der Waals surface area (Å²) in [6.07, 6.45) is 2.98. The molecule has 0 bridgehead atoms. The summed E-state index contributed by atoms with van der Waals surface area (Å²) in [5.41, 5.74) is 0.991. The smallest absolute Gasteiger partial charge is 0.336 e. The highest BCUT2D eigenvalue weighted by molar-refractivity contribution is 8.13. The predicted octanol–water partition coefficient (Wildman–Crippen LogP) is 2.28. The zero-order chi connectivity index (χ0) is 16.5. The van der Waals surface area contributed by atoms with E-state index in [0.29, 0.717) is 22.9 Å². The van der Waals surface area contributed by atoms with Gasteiger partial charge in [-0.3, -0.25) is 4.99 Å². The lowest BCUT2D eigenvalue weighted by Gasteiger charge is -2.14. The first kappa shape index (κ1) is 14.8. The van der Waals surface area contributed by atoms with E-state index < -0.39 is 0 Å². The van der Waals surface area contributed by atoms with Crippen LogP contribution in [0.3, 0.4) is 0 Å². The molecular weight excluding hydrogens is 328 g/mol. The Bertz CT molecular complexity index is 990. The van der Waals surface area contributed by atoms with E-state index >= 15 is 0 Å². The van der Waals surface area contributed by atoms with Crippen LogP contribution >= 0.6 is 11.8 Å². The summed E-state index contributed by atoms with van der Waals surface area (Å²) < 4.78 is 10.4. The Balaban J connectivity index is 1.64. The van der Waals surface area contributed by atoms with E-state index in [0.717, 1.165) is 16.0 Å². The third-order valence-corrected chi connectivity index (χ3v) is 4.75. The molecule has 0 saturated carbocycles. The van der Waals surface area contributed by atoms with Gasteiger partial charge in [0.25, 0.3) is 0 Å². The van der Waals surface area contributed by atoms with Gasteiger partial charge in [0.1, 0.15) is 29.1 Å². The van der Waals surface area contributed by atoms with Crippen molar-refractivity contribution in [2.75, 3.05) is 7.11 Å². The second kappa shape index (κ2) is 6.04. The first-order chi connectivity index (χ1) is 11.7. The molecule has 2 aliphatic rings. The van der Waals surface area contributed by atoms with Gasteiger partial charge in [0.2, 0.25) is 0 Å². The van der Waals surface area contributed by atoms with Gasteiger partial charge in [0.05, 0.1) is 7.11 Å². The number of fused-ring (bicyclic) bond motifs is 2. The molecule has 0 saturated heterocycles. The van der Waals surface area contributed by atoms with Crippen molar-refractivity contribution >= 4 is 46.3 Å². The molecule has 1 unspecified atom stereocenters. The molecule has 7 nitrogen and oxygen atoms in total. The second-order valence-electron chi connectivity index (χ2n) is 5.11. The lowest BCUT2D eigenvalue weighted by molar-refractivity contribution is 0.414. The van der Waals surface area contributed by atoms with Crippen LogP contribution in [-0.4, -0.2) is 36.7 Å². The Kier molecular flexibility index (Phi) is 3.73. The van der Waals surface area contributed by atoms with Gasteiger partial charge in [-0.05, 0) is 17.7 Å². The third-order valence-electron chi connectivity index (χ3n) is 3.67. The van der Waals surface area contributed by atoms with Crippen LogP contribution < -0.4 is 10.4 Å². The van der Waals surface area contributed by atoms with Gasteiger partial charge < -0.3 is 9.15 Å². The molecule has 4 rings (SSSR count). The van der Waals surface area contributed by atoms with E-state index in [1.54, 1.807) is 13.2 Å². The van der Waals surface area contributed by atoms with Crippen LogP contribution in [0.4, 0.5) is 0 Å². The van der Waals surface area contributed by atoms with E-state index in [1.165, 1.54) is 30.5 Å². The van der Waals surface area contributed by atoms with Crippen LogP contribution in [0.15, 0.2) is 53.4 Å². The monoisotopic (exact) mass is 340 g/mol. The van der Waals surface area contributed by atoms with E-state index in [1.807, 2.05) is 12.1 Å². The molecule has 0 spiro atoms. The van der Waals surface area contributed by atoms with Crippen LogP contribution in [0.25, 0.3) is 11.0 Å². The van der Waals surface area contributed by atoms with Crippen molar-refractivity contribution in [1.82, 2.24) is 0 Å². The van der Waals surface area contributed by atoms with Gasteiger partial charge in [0, 0.05) is 23.3 Å². The van der Waals surface area contributed by atoms with Crippen LogP contribution in [0, 0.1) is 0 Å². The highest BCUT2D eigenvalue weighted by atomic mass is 32.2. The largest absolute Gasteiger partial charge is 0.497 e. The maximum absolute atomic E-state index is 11.8. The van der Waals surface area contributed by atoms with Gasteiger partial charge in [-0.15, -0.1) is 11.8 Å². The van der Waals surface area contributed by atoms with E-state index in [4.69, 9.17) is 9.15 Å². The average Bonchev–Trinajstić information content (AvgIpc) is 3.08. The molecule has 1 aromatic carbocycles. The van der Waals surface area contributed by atoms with E-state index in [2.05, 4.69) is 20.0 Å². The summed E-state index contributed by atoms with van der Waals surface area (Å²) in [7, 11) is 1.57. The quantitative estimate of drug-likeness (QED) is 0.802. The van der Waals surface area contributed by atoms with E-state index in [9.17, 15) is 4.79 Å². The number of benzene rings is 1. The predicted molar refractivity (Wildman–Crippen MR) is 96.0 cm³/mol. The highest BCUT2D eigenvalue weighted by Crippen LogP contribution is 2.27. The Hall–Kier alpha value is -2.74. The SMILES string of the molecule is COc1ccc2c(CSC3=NC=NC4=NC=NC43)cc(=O)oc2c1. The fourth-order valence-electron chi connectivity index (χ4n) is 2.51. The molecule has 3 heterocycles. The maximum atomic E-state index is 11.8. The summed E-state index contributed by atoms with van der Waals surface area (Å²) in [5.74, 6) is 1.86. The summed E-state index contributed by atoms with van der Waals surface area (Å²) in [6, 6.07) is 6.71. The first-order valence-corrected chi connectivity index (χ1v) is 8.16. The van der Waals surface area contributed by atoms with Crippen LogP contribution in [0.1, 0.15) is 5.56 Å². The van der Waals surface area contributed by atoms with Crippen LogP contribution in [0.5, 0.6) is 5.75 Å². The Morgan fingerprint density at radius 2 is 2.17 bits per heavy atom. The normalized spacial score (nSPS) is 18.5. The van der Waals surface area contributed by atoms with Crippen molar-refractivity contribution in [3.05, 3.63) is 40.2 Å². The number of nitrogens with zero attached hydrogens (tertiary/aromatic N) is 4. The van der Waals surface area contributed by atoms with Crippen molar-refractivity contribution in [3.8, 4) is 5.75 Å². The van der Waals surface area contributed by atoms with Gasteiger partial charge in [-0.25, -0.2) is 19.8 Å². The zero-order valence-electron chi connectivity index (χ0n) is 12.7. The molecular formula is C16H12N4O3S. The molecule has 0 aliphatic carbocycles. The standard InChI is InChI=1S/C16H12N4O3S/c1-22-10-2-3-11-9(4-13(21)23-12(11)5-10)6-24-16-14-15(18-7-17-14)19-8-20-16/h2-5,7-8,14H,6H2,1H3. The minimum absolute atomic E-state index is 0.230. The first-order valence-electron chi connectivity index (χ1n) is 7.18. The van der Waals surface area contributed by atoms with Gasteiger partial charge >= 0.3 is 5.63 Å².